The molecule has 26 heavy (non-hydrogen) atoms. The van der Waals surface area contributed by atoms with Crippen LogP contribution in [0.2, 0.25) is 0 Å². The van der Waals surface area contributed by atoms with Crippen molar-refractivity contribution >= 4 is 27.3 Å². The second kappa shape index (κ2) is 6.87. The van der Waals surface area contributed by atoms with Crippen LogP contribution in [0.1, 0.15) is 12.5 Å². The number of carbonyl (C=O) groups excluding carboxylic acids is 1. The molecule has 1 aliphatic rings. The van der Waals surface area contributed by atoms with Crippen molar-refractivity contribution in [2.24, 2.45) is 0 Å². The molecule has 0 radical (unpaired) electrons. The molecule has 0 saturated heterocycles. The van der Waals surface area contributed by atoms with E-state index in [4.69, 9.17) is 9.47 Å². The van der Waals surface area contributed by atoms with Gasteiger partial charge in [0, 0.05) is 24.0 Å². The van der Waals surface area contributed by atoms with Crippen LogP contribution < -0.4 is 19.1 Å². The molecular weight excluding hydrogens is 356 g/mol. The SMILES string of the molecule is CCN1C(=O)Cc2cc(NS(=O)(=O)c3ccc(OC)cc3OC)ccc21. The summed E-state index contributed by atoms with van der Waals surface area (Å²) in [5.41, 5.74) is 2.02. The third kappa shape index (κ3) is 3.20. The van der Waals surface area contributed by atoms with Gasteiger partial charge in [0.25, 0.3) is 10.0 Å². The molecule has 0 aliphatic carbocycles. The number of sulfonamides is 1. The molecule has 1 amide bonds. The Bertz CT molecular complexity index is 956. The Morgan fingerprint density at radius 3 is 2.54 bits per heavy atom. The zero-order chi connectivity index (χ0) is 18.9. The molecule has 1 N–H and O–H groups in total. The van der Waals surface area contributed by atoms with Crippen LogP contribution >= 0.6 is 0 Å². The fourth-order valence-corrected chi connectivity index (χ4v) is 4.20. The summed E-state index contributed by atoms with van der Waals surface area (Å²) in [5.74, 6) is 0.696. The molecule has 0 spiro atoms. The van der Waals surface area contributed by atoms with Crippen LogP contribution in [0.4, 0.5) is 11.4 Å². The molecular formula is C18H20N2O5S. The monoisotopic (exact) mass is 376 g/mol. The van der Waals surface area contributed by atoms with Gasteiger partial charge in [-0.1, -0.05) is 0 Å². The molecule has 7 nitrogen and oxygen atoms in total. The molecule has 0 aromatic heterocycles. The largest absolute Gasteiger partial charge is 0.497 e. The van der Waals surface area contributed by atoms with Gasteiger partial charge in [-0.15, -0.1) is 0 Å². The summed E-state index contributed by atoms with van der Waals surface area (Å²) in [5, 5.41) is 0. The van der Waals surface area contributed by atoms with Gasteiger partial charge in [0.15, 0.2) is 0 Å². The van der Waals surface area contributed by atoms with Crippen LogP contribution in [-0.2, 0) is 21.2 Å². The first-order valence-corrected chi connectivity index (χ1v) is 9.56. The maximum atomic E-state index is 12.8. The highest BCUT2D eigenvalue weighted by Crippen LogP contribution is 2.33. The lowest BCUT2D eigenvalue weighted by Crippen LogP contribution is -2.25. The lowest BCUT2D eigenvalue weighted by Gasteiger charge is -2.16. The smallest absolute Gasteiger partial charge is 0.265 e. The molecule has 8 heteroatoms. The average Bonchev–Trinajstić information content (AvgIpc) is 2.94. The van der Waals surface area contributed by atoms with E-state index < -0.39 is 10.0 Å². The summed E-state index contributed by atoms with van der Waals surface area (Å²) >= 11 is 0. The number of ether oxygens (including phenoxy) is 2. The van der Waals surface area contributed by atoms with Gasteiger partial charge in [-0.25, -0.2) is 8.42 Å². The Kier molecular flexibility index (Phi) is 4.78. The highest BCUT2D eigenvalue weighted by Gasteiger charge is 2.27. The minimum atomic E-state index is -3.86. The maximum absolute atomic E-state index is 12.8. The predicted octanol–water partition coefficient (Wildman–Crippen LogP) is 2.41. The van der Waals surface area contributed by atoms with Crippen molar-refractivity contribution in [3.05, 3.63) is 42.0 Å². The fraction of sp³-hybridized carbons (Fsp3) is 0.278. The summed E-state index contributed by atoms with van der Waals surface area (Å²) < 4.78 is 38.3. The van der Waals surface area contributed by atoms with Crippen LogP contribution in [0.15, 0.2) is 41.3 Å². The molecule has 0 unspecified atom stereocenters. The van der Waals surface area contributed by atoms with Gasteiger partial charge in [0.1, 0.15) is 16.4 Å². The molecule has 0 fully saturated rings. The number of hydrogen-bond donors (Lipinski definition) is 1. The molecule has 2 aromatic carbocycles. The van der Waals surface area contributed by atoms with E-state index in [0.717, 1.165) is 11.3 Å². The summed E-state index contributed by atoms with van der Waals surface area (Å²) in [6.07, 6.45) is 0.268. The number of likely N-dealkylation sites (N-methyl/N-ethyl adjacent to an activating group) is 1. The average molecular weight is 376 g/mol. The van der Waals surface area contributed by atoms with Gasteiger partial charge in [0.2, 0.25) is 5.91 Å². The maximum Gasteiger partial charge on any atom is 0.265 e. The first kappa shape index (κ1) is 18.1. The van der Waals surface area contributed by atoms with Crippen LogP contribution in [-0.4, -0.2) is 35.1 Å². The highest BCUT2D eigenvalue weighted by molar-refractivity contribution is 7.92. The molecule has 2 aromatic rings. The number of carbonyl (C=O) groups is 1. The summed E-state index contributed by atoms with van der Waals surface area (Å²) in [4.78, 5) is 13.7. The van der Waals surface area contributed by atoms with Crippen molar-refractivity contribution in [3.8, 4) is 11.5 Å². The van der Waals surface area contributed by atoms with Crippen LogP contribution in [0, 0.1) is 0 Å². The Morgan fingerprint density at radius 2 is 1.88 bits per heavy atom. The third-order valence-corrected chi connectivity index (χ3v) is 5.66. The zero-order valence-corrected chi connectivity index (χ0v) is 15.6. The third-order valence-electron chi connectivity index (χ3n) is 4.24. The van der Waals surface area contributed by atoms with Crippen molar-refractivity contribution in [3.63, 3.8) is 0 Å². The van der Waals surface area contributed by atoms with E-state index >= 15 is 0 Å². The number of anilines is 2. The molecule has 0 saturated carbocycles. The number of nitrogens with zero attached hydrogens (tertiary/aromatic N) is 1. The zero-order valence-electron chi connectivity index (χ0n) is 14.8. The first-order valence-electron chi connectivity index (χ1n) is 8.07. The van der Waals surface area contributed by atoms with Gasteiger partial charge in [-0.2, -0.15) is 0 Å². The van der Waals surface area contributed by atoms with E-state index in [1.807, 2.05) is 6.92 Å². The topological polar surface area (TPSA) is 84.9 Å². The van der Waals surface area contributed by atoms with Crippen molar-refractivity contribution in [1.82, 2.24) is 0 Å². The summed E-state index contributed by atoms with van der Waals surface area (Å²) in [6, 6.07) is 9.58. The van der Waals surface area contributed by atoms with Crippen molar-refractivity contribution in [2.75, 3.05) is 30.4 Å². The predicted molar refractivity (Wildman–Crippen MR) is 98.5 cm³/mol. The second-order valence-corrected chi connectivity index (χ2v) is 7.43. The van der Waals surface area contributed by atoms with Crippen LogP contribution in [0.5, 0.6) is 11.5 Å². The lowest BCUT2D eigenvalue weighted by molar-refractivity contribution is -0.117. The molecule has 0 atom stereocenters. The van der Waals surface area contributed by atoms with Crippen LogP contribution in [0.3, 0.4) is 0 Å². The Labute approximate surface area is 152 Å². The quantitative estimate of drug-likeness (QED) is 0.837. The lowest BCUT2D eigenvalue weighted by atomic mass is 10.1. The van der Waals surface area contributed by atoms with Gasteiger partial charge < -0.3 is 14.4 Å². The van der Waals surface area contributed by atoms with Gasteiger partial charge in [0.05, 0.1) is 20.6 Å². The van der Waals surface area contributed by atoms with E-state index in [0.29, 0.717) is 18.0 Å². The summed E-state index contributed by atoms with van der Waals surface area (Å²) in [6.45, 7) is 2.49. The van der Waals surface area contributed by atoms with E-state index in [1.54, 1.807) is 29.2 Å². The Morgan fingerprint density at radius 1 is 1.12 bits per heavy atom. The van der Waals surface area contributed by atoms with E-state index in [-0.39, 0.29) is 23.0 Å². The molecule has 1 aliphatic heterocycles. The normalized spacial score (nSPS) is 13.5. The van der Waals surface area contributed by atoms with Crippen LogP contribution in [0.25, 0.3) is 0 Å². The Hall–Kier alpha value is -2.74. The van der Waals surface area contributed by atoms with Gasteiger partial charge in [-0.05, 0) is 42.8 Å². The molecule has 138 valence electrons. The summed E-state index contributed by atoms with van der Waals surface area (Å²) in [7, 11) is -0.971. The van der Waals surface area contributed by atoms with Crippen molar-refractivity contribution < 1.29 is 22.7 Å². The van der Waals surface area contributed by atoms with Gasteiger partial charge in [-0.3, -0.25) is 9.52 Å². The fourth-order valence-electron chi connectivity index (χ4n) is 3.00. The van der Waals surface area contributed by atoms with E-state index in [1.165, 1.54) is 26.4 Å². The number of amides is 1. The number of hydrogen-bond acceptors (Lipinski definition) is 5. The second-order valence-electron chi connectivity index (χ2n) is 5.78. The standard InChI is InChI=1S/C18H20N2O5S/c1-4-20-15-7-5-13(9-12(15)10-18(20)21)19-26(22,23)17-8-6-14(24-2)11-16(17)25-3/h5-9,11,19H,4,10H2,1-3H3. The van der Waals surface area contributed by atoms with Crippen molar-refractivity contribution in [2.45, 2.75) is 18.2 Å². The van der Waals surface area contributed by atoms with E-state index in [2.05, 4.69) is 4.72 Å². The number of rotatable bonds is 6. The number of methoxy groups -OCH3 is 2. The number of fused-ring (bicyclic) bond motifs is 1. The van der Waals surface area contributed by atoms with Gasteiger partial charge >= 0.3 is 0 Å². The van der Waals surface area contributed by atoms with Crippen molar-refractivity contribution in [1.29, 1.82) is 0 Å². The molecule has 0 bridgehead atoms. The number of benzene rings is 2. The first-order chi connectivity index (χ1) is 12.4. The Balaban J connectivity index is 1.92. The minimum absolute atomic E-state index is 0.00700. The minimum Gasteiger partial charge on any atom is -0.497 e. The molecule has 1 heterocycles. The highest BCUT2D eigenvalue weighted by atomic mass is 32.2. The van der Waals surface area contributed by atoms with E-state index in [9.17, 15) is 13.2 Å². The number of nitrogens with one attached hydrogen (secondary N) is 1. The molecule has 3 rings (SSSR count).